The molecule has 2 aliphatic rings. The van der Waals surface area contributed by atoms with Crippen LogP contribution in [0.1, 0.15) is 65.9 Å². The zero-order chi connectivity index (χ0) is 21.6. The lowest BCUT2D eigenvalue weighted by atomic mass is 9.93. The molecule has 0 atom stereocenters. The molecule has 1 saturated heterocycles. The number of rotatable bonds is 2. The molecule has 1 aromatic carbocycles. The van der Waals surface area contributed by atoms with Gasteiger partial charge in [-0.05, 0) is 45.7 Å². The summed E-state index contributed by atoms with van der Waals surface area (Å²) in [6.07, 6.45) is 1.23. The van der Waals surface area contributed by atoms with Gasteiger partial charge in [-0.1, -0.05) is 12.1 Å². The molecule has 4 rings (SSSR count). The second-order valence-corrected chi connectivity index (χ2v) is 8.78. The Labute approximate surface area is 175 Å². The number of piperidine rings is 1. The van der Waals surface area contributed by atoms with Crippen molar-refractivity contribution in [2.75, 3.05) is 18.0 Å². The van der Waals surface area contributed by atoms with Crippen LogP contribution in [0.5, 0.6) is 0 Å². The molecule has 158 valence electrons. The minimum atomic E-state index is -0.517. The van der Waals surface area contributed by atoms with Gasteiger partial charge in [0, 0.05) is 37.8 Å². The summed E-state index contributed by atoms with van der Waals surface area (Å²) < 4.78 is 7.18. The molecule has 0 unspecified atom stereocenters. The summed E-state index contributed by atoms with van der Waals surface area (Å²) in [6.45, 7) is 6.75. The highest BCUT2D eigenvalue weighted by Gasteiger charge is 2.38. The summed E-state index contributed by atoms with van der Waals surface area (Å²) in [5.41, 5.74) is 1.24. The third-order valence-electron chi connectivity index (χ3n) is 5.49. The molecule has 8 heteroatoms. The number of anilines is 1. The number of imide groups is 1. The molecular weight excluding hydrogens is 384 g/mol. The van der Waals surface area contributed by atoms with Crippen molar-refractivity contribution < 1.29 is 19.1 Å². The molecule has 0 spiro atoms. The minimum Gasteiger partial charge on any atom is -0.444 e. The molecule has 2 aliphatic heterocycles. The molecule has 2 aromatic rings. The van der Waals surface area contributed by atoms with Crippen LogP contribution in [0.2, 0.25) is 0 Å². The molecule has 0 aliphatic carbocycles. The Bertz CT molecular complexity index is 977. The van der Waals surface area contributed by atoms with E-state index in [1.54, 1.807) is 33.8 Å². The molecule has 0 N–H and O–H groups in total. The minimum absolute atomic E-state index is 0.185. The van der Waals surface area contributed by atoms with Gasteiger partial charge in [0.05, 0.1) is 11.1 Å². The number of hydrogen-bond acceptors (Lipinski definition) is 5. The number of likely N-dealkylation sites (tertiary alicyclic amines) is 1. The number of amides is 3. The third-order valence-corrected chi connectivity index (χ3v) is 5.49. The van der Waals surface area contributed by atoms with Crippen LogP contribution >= 0.6 is 0 Å². The SMILES string of the molecule is Cn1nc(N2C(=O)c3ccccc3C2=O)cc1C1CCN(C(=O)OC(C)(C)C)CC1. The quantitative estimate of drug-likeness (QED) is 0.709. The van der Waals surface area contributed by atoms with Gasteiger partial charge in [-0.3, -0.25) is 14.3 Å². The van der Waals surface area contributed by atoms with Crippen molar-refractivity contribution in [2.45, 2.75) is 45.1 Å². The zero-order valence-electron chi connectivity index (χ0n) is 17.7. The first kappa shape index (κ1) is 20.1. The van der Waals surface area contributed by atoms with Gasteiger partial charge in [0.1, 0.15) is 5.60 Å². The average molecular weight is 410 g/mol. The van der Waals surface area contributed by atoms with E-state index in [0.29, 0.717) is 30.0 Å². The Kier molecular flexibility index (Phi) is 4.88. The van der Waals surface area contributed by atoms with Crippen LogP contribution in [0.15, 0.2) is 30.3 Å². The van der Waals surface area contributed by atoms with E-state index < -0.39 is 5.60 Å². The number of ether oxygens (including phenoxy) is 1. The van der Waals surface area contributed by atoms with Crippen molar-refractivity contribution >= 4 is 23.7 Å². The molecule has 8 nitrogen and oxygen atoms in total. The molecule has 0 saturated carbocycles. The second-order valence-electron chi connectivity index (χ2n) is 8.78. The Hall–Kier alpha value is -3.16. The highest BCUT2D eigenvalue weighted by molar-refractivity contribution is 6.34. The first-order valence-electron chi connectivity index (χ1n) is 10.2. The van der Waals surface area contributed by atoms with Gasteiger partial charge in [-0.2, -0.15) is 5.10 Å². The summed E-state index contributed by atoms with van der Waals surface area (Å²) >= 11 is 0. The first-order valence-corrected chi connectivity index (χ1v) is 10.2. The molecule has 3 amide bonds. The van der Waals surface area contributed by atoms with E-state index in [4.69, 9.17) is 4.74 Å². The van der Waals surface area contributed by atoms with Crippen molar-refractivity contribution in [2.24, 2.45) is 7.05 Å². The van der Waals surface area contributed by atoms with Crippen molar-refractivity contribution in [3.05, 3.63) is 47.2 Å². The van der Waals surface area contributed by atoms with E-state index in [0.717, 1.165) is 23.4 Å². The number of carbonyl (C=O) groups excluding carboxylic acids is 3. The van der Waals surface area contributed by atoms with Crippen molar-refractivity contribution in [1.82, 2.24) is 14.7 Å². The van der Waals surface area contributed by atoms with E-state index in [2.05, 4.69) is 5.10 Å². The number of hydrogen-bond donors (Lipinski definition) is 0. The molecule has 0 bridgehead atoms. The van der Waals surface area contributed by atoms with Gasteiger partial charge in [-0.15, -0.1) is 0 Å². The first-order chi connectivity index (χ1) is 14.2. The Morgan fingerprint density at radius 3 is 2.17 bits per heavy atom. The van der Waals surface area contributed by atoms with Crippen LogP contribution in [0, 0.1) is 0 Å². The maximum Gasteiger partial charge on any atom is 0.410 e. The lowest BCUT2D eigenvalue weighted by Gasteiger charge is -2.33. The van der Waals surface area contributed by atoms with Crippen molar-refractivity contribution in [1.29, 1.82) is 0 Å². The summed E-state index contributed by atoms with van der Waals surface area (Å²) in [6, 6.07) is 8.62. The van der Waals surface area contributed by atoms with Gasteiger partial charge in [0.25, 0.3) is 11.8 Å². The third kappa shape index (κ3) is 3.58. The summed E-state index contributed by atoms with van der Waals surface area (Å²) in [4.78, 5) is 40.6. The molecule has 3 heterocycles. The Morgan fingerprint density at radius 1 is 1.07 bits per heavy atom. The number of carbonyl (C=O) groups is 3. The van der Waals surface area contributed by atoms with E-state index in [1.165, 1.54) is 0 Å². The Balaban J connectivity index is 1.48. The Morgan fingerprint density at radius 2 is 1.63 bits per heavy atom. The van der Waals surface area contributed by atoms with Gasteiger partial charge < -0.3 is 9.64 Å². The number of aryl methyl sites for hydroxylation is 1. The molecular formula is C22H26N4O4. The largest absolute Gasteiger partial charge is 0.444 e. The smallest absolute Gasteiger partial charge is 0.410 e. The van der Waals surface area contributed by atoms with E-state index in [1.807, 2.05) is 33.9 Å². The van der Waals surface area contributed by atoms with Crippen molar-refractivity contribution in [3.63, 3.8) is 0 Å². The maximum absolute atomic E-state index is 12.7. The lowest BCUT2D eigenvalue weighted by molar-refractivity contribution is 0.0203. The number of benzene rings is 1. The molecule has 0 radical (unpaired) electrons. The fourth-order valence-electron chi connectivity index (χ4n) is 4.04. The number of aromatic nitrogens is 2. The normalized spacial score (nSPS) is 17.5. The fraction of sp³-hybridized carbons (Fsp3) is 0.455. The molecule has 1 aromatic heterocycles. The predicted molar refractivity (Wildman–Crippen MR) is 111 cm³/mol. The fourth-order valence-corrected chi connectivity index (χ4v) is 4.04. The average Bonchev–Trinajstić information content (AvgIpc) is 3.18. The molecule has 1 fully saturated rings. The predicted octanol–water partition coefficient (Wildman–Crippen LogP) is 3.34. The van der Waals surface area contributed by atoms with Gasteiger partial charge >= 0.3 is 6.09 Å². The summed E-state index contributed by atoms with van der Waals surface area (Å²) in [5.74, 6) is -0.168. The summed E-state index contributed by atoms with van der Waals surface area (Å²) in [5, 5.41) is 4.45. The molecule has 30 heavy (non-hydrogen) atoms. The standard InChI is InChI=1S/C22H26N4O4/c1-22(2,3)30-21(29)25-11-9-14(10-12-25)17-13-18(23-24(17)4)26-19(27)15-7-5-6-8-16(15)20(26)28/h5-8,13-14H,9-12H2,1-4H3. The van der Waals surface area contributed by atoms with Crippen molar-refractivity contribution in [3.8, 4) is 0 Å². The summed E-state index contributed by atoms with van der Waals surface area (Å²) in [7, 11) is 1.82. The van der Waals surface area contributed by atoms with Crippen LogP contribution in [-0.2, 0) is 11.8 Å². The maximum atomic E-state index is 12.7. The van der Waals surface area contributed by atoms with Gasteiger partial charge in [0.2, 0.25) is 0 Å². The van der Waals surface area contributed by atoms with Crippen LogP contribution in [0.4, 0.5) is 10.6 Å². The van der Waals surface area contributed by atoms with Crippen LogP contribution in [-0.4, -0.2) is 51.3 Å². The monoisotopic (exact) mass is 410 g/mol. The highest BCUT2D eigenvalue weighted by atomic mass is 16.6. The lowest BCUT2D eigenvalue weighted by Crippen LogP contribution is -2.41. The van der Waals surface area contributed by atoms with E-state index >= 15 is 0 Å². The second kappa shape index (κ2) is 7.27. The highest BCUT2D eigenvalue weighted by Crippen LogP contribution is 2.33. The van der Waals surface area contributed by atoms with Gasteiger partial charge in [0.15, 0.2) is 5.82 Å². The van der Waals surface area contributed by atoms with E-state index in [9.17, 15) is 14.4 Å². The van der Waals surface area contributed by atoms with E-state index in [-0.39, 0.29) is 23.8 Å². The van der Waals surface area contributed by atoms with Crippen LogP contribution in [0.25, 0.3) is 0 Å². The topological polar surface area (TPSA) is 84.7 Å². The number of nitrogens with zero attached hydrogens (tertiary/aromatic N) is 4. The number of fused-ring (bicyclic) bond motifs is 1. The van der Waals surface area contributed by atoms with Crippen LogP contribution in [0.3, 0.4) is 0 Å². The zero-order valence-corrected chi connectivity index (χ0v) is 17.7. The van der Waals surface area contributed by atoms with Gasteiger partial charge in [-0.25, -0.2) is 9.69 Å². The van der Waals surface area contributed by atoms with Crippen LogP contribution < -0.4 is 4.90 Å².